The third-order valence-electron chi connectivity index (χ3n) is 4.32. The van der Waals surface area contributed by atoms with Crippen LogP contribution < -0.4 is 10.6 Å². The summed E-state index contributed by atoms with van der Waals surface area (Å²) in [7, 11) is 1.06. The van der Waals surface area contributed by atoms with E-state index in [-0.39, 0.29) is 17.2 Å². The molecule has 3 rings (SSSR count). The van der Waals surface area contributed by atoms with E-state index in [1.54, 1.807) is 12.1 Å². The molecule has 1 saturated heterocycles. The number of hydrogen-bond donors (Lipinski definition) is 2. The minimum Gasteiger partial charge on any atom is -0.465 e. The third kappa shape index (κ3) is 4.75. The molecule has 1 unspecified atom stereocenters. The molecule has 1 heterocycles. The van der Waals surface area contributed by atoms with Gasteiger partial charge in [-0.25, -0.2) is 13.6 Å². The Kier molecular flexibility index (Phi) is 6.18. The number of hydrogen-bond acceptors (Lipinski definition) is 5. The van der Waals surface area contributed by atoms with E-state index in [0.29, 0.717) is 24.8 Å². The van der Waals surface area contributed by atoms with Gasteiger partial charge in [-0.2, -0.15) is 0 Å². The van der Waals surface area contributed by atoms with E-state index < -0.39 is 35.2 Å². The zero-order valence-electron chi connectivity index (χ0n) is 15.5. The zero-order chi connectivity index (χ0) is 21.0. The van der Waals surface area contributed by atoms with Crippen molar-refractivity contribution in [3.05, 3.63) is 59.2 Å². The van der Waals surface area contributed by atoms with Gasteiger partial charge in [-0.3, -0.25) is 9.59 Å². The lowest BCUT2D eigenvalue weighted by Crippen LogP contribution is -2.27. The monoisotopic (exact) mass is 404 g/mol. The van der Waals surface area contributed by atoms with Crippen molar-refractivity contribution in [3.63, 3.8) is 0 Å². The molecular formula is C20H18F2N2O5. The average Bonchev–Trinajstić information content (AvgIpc) is 3.24. The number of carbonyl (C=O) groups excluding carboxylic acids is 3. The van der Waals surface area contributed by atoms with Gasteiger partial charge in [-0.1, -0.05) is 6.07 Å². The summed E-state index contributed by atoms with van der Waals surface area (Å²) in [6.45, 7) is 0.525. The van der Waals surface area contributed by atoms with Gasteiger partial charge in [0.05, 0.1) is 18.4 Å². The van der Waals surface area contributed by atoms with Crippen LogP contribution in [0.2, 0.25) is 0 Å². The van der Waals surface area contributed by atoms with E-state index in [9.17, 15) is 23.2 Å². The van der Waals surface area contributed by atoms with Crippen LogP contribution in [0, 0.1) is 11.6 Å². The molecule has 1 aliphatic rings. The maximum atomic E-state index is 14.0. The van der Waals surface area contributed by atoms with Gasteiger partial charge in [-0.15, -0.1) is 0 Å². The van der Waals surface area contributed by atoms with Gasteiger partial charge in [0.2, 0.25) is 0 Å². The number of carbonyl (C=O) groups is 3. The highest BCUT2D eigenvalue weighted by atomic mass is 19.1. The summed E-state index contributed by atoms with van der Waals surface area (Å²) >= 11 is 0. The lowest BCUT2D eigenvalue weighted by atomic mass is 10.1. The molecule has 0 aliphatic carbocycles. The quantitative estimate of drug-likeness (QED) is 0.747. The molecule has 152 valence electrons. The molecule has 0 aromatic heterocycles. The lowest BCUT2D eigenvalue weighted by molar-refractivity contribution is -0.124. The second-order valence-electron chi connectivity index (χ2n) is 6.33. The van der Waals surface area contributed by atoms with Crippen molar-refractivity contribution in [2.45, 2.75) is 18.9 Å². The summed E-state index contributed by atoms with van der Waals surface area (Å²) in [6.07, 6.45) is 0.896. The van der Waals surface area contributed by atoms with Gasteiger partial charge in [0, 0.05) is 23.9 Å². The van der Waals surface area contributed by atoms with Crippen LogP contribution in [0.4, 0.5) is 20.2 Å². The van der Waals surface area contributed by atoms with Crippen LogP contribution in [0.3, 0.4) is 0 Å². The van der Waals surface area contributed by atoms with Crippen LogP contribution >= 0.6 is 0 Å². The molecule has 0 spiro atoms. The van der Waals surface area contributed by atoms with Gasteiger partial charge < -0.3 is 20.1 Å². The average molecular weight is 404 g/mol. The first-order valence-electron chi connectivity index (χ1n) is 8.80. The Morgan fingerprint density at radius 3 is 2.59 bits per heavy atom. The topological polar surface area (TPSA) is 93.7 Å². The van der Waals surface area contributed by atoms with Crippen LogP contribution in [0.1, 0.15) is 33.6 Å². The van der Waals surface area contributed by atoms with Gasteiger partial charge in [0.15, 0.2) is 0 Å². The van der Waals surface area contributed by atoms with Crippen LogP contribution in [0.5, 0.6) is 0 Å². The fourth-order valence-corrected chi connectivity index (χ4v) is 2.85. The predicted molar refractivity (Wildman–Crippen MR) is 99.7 cm³/mol. The molecule has 0 radical (unpaired) electrons. The van der Waals surface area contributed by atoms with E-state index in [4.69, 9.17) is 4.74 Å². The zero-order valence-corrected chi connectivity index (χ0v) is 15.5. The number of rotatable bonds is 5. The summed E-state index contributed by atoms with van der Waals surface area (Å²) in [5.74, 6) is -4.18. The van der Waals surface area contributed by atoms with E-state index in [1.807, 2.05) is 0 Å². The Balaban J connectivity index is 1.76. The third-order valence-corrected chi connectivity index (χ3v) is 4.32. The smallest absolute Gasteiger partial charge is 0.340 e. The fraction of sp³-hybridized carbons (Fsp3) is 0.250. The predicted octanol–water partition coefficient (Wildman–Crippen LogP) is 3.12. The number of anilines is 2. The van der Waals surface area contributed by atoms with Crippen molar-refractivity contribution in [2.75, 3.05) is 24.4 Å². The van der Waals surface area contributed by atoms with Crippen molar-refractivity contribution in [2.24, 2.45) is 0 Å². The lowest BCUT2D eigenvalue weighted by Gasteiger charge is -2.12. The first kappa shape index (κ1) is 20.4. The van der Waals surface area contributed by atoms with Gasteiger partial charge in [-0.05, 0) is 37.1 Å². The maximum absolute atomic E-state index is 14.0. The van der Waals surface area contributed by atoms with Crippen molar-refractivity contribution in [3.8, 4) is 0 Å². The molecule has 2 aromatic carbocycles. The molecule has 2 amide bonds. The number of benzene rings is 2. The fourth-order valence-electron chi connectivity index (χ4n) is 2.85. The number of methoxy groups -OCH3 is 1. The first-order chi connectivity index (χ1) is 13.9. The van der Waals surface area contributed by atoms with Crippen molar-refractivity contribution in [1.29, 1.82) is 0 Å². The Labute approximate surface area is 165 Å². The van der Waals surface area contributed by atoms with Crippen molar-refractivity contribution < 1.29 is 32.6 Å². The molecule has 0 bridgehead atoms. The number of halogens is 2. The summed E-state index contributed by atoms with van der Waals surface area (Å²) in [6, 6.07) is 7.35. The molecule has 0 saturated carbocycles. The number of amides is 2. The number of esters is 1. The SMILES string of the molecule is COC(=O)c1cc(NC(=O)c2cccc(NC(=O)C3CCCO3)c2)c(F)cc1F. The van der Waals surface area contributed by atoms with E-state index in [1.165, 1.54) is 12.1 Å². The molecule has 2 N–H and O–H groups in total. The Morgan fingerprint density at radius 1 is 1.10 bits per heavy atom. The highest BCUT2D eigenvalue weighted by Crippen LogP contribution is 2.22. The summed E-state index contributed by atoms with van der Waals surface area (Å²) in [5, 5.41) is 4.95. The Hall–Kier alpha value is -3.33. The maximum Gasteiger partial charge on any atom is 0.340 e. The Morgan fingerprint density at radius 2 is 1.90 bits per heavy atom. The van der Waals surface area contributed by atoms with Gasteiger partial charge >= 0.3 is 5.97 Å². The molecule has 1 fully saturated rings. The summed E-state index contributed by atoms with van der Waals surface area (Å²) in [5.41, 5.74) is -0.404. The van der Waals surface area contributed by atoms with Gasteiger partial charge in [0.25, 0.3) is 11.8 Å². The van der Waals surface area contributed by atoms with Crippen LogP contribution in [-0.4, -0.2) is 37.6 Å². The Bertz CT molecular complexity index is 958. The molecule has 7 nitrogen and oxygen atoms in total. The molecule has 9 heteroatoms. The van der Waals surface area contributed by atoms with Gasteiger partial charge in [0.1, 0.15) is 17.7 Å². The van der Waals surface area contributed by atoms with Crippen LogP contribution in [0.25, 0.3) is 0 Å². The van der Waals surface area contributed by atoms with E-state index in [2.05, 4.69) is 15.4 Å². The number of ether oxygens (including phenoxy) is 2. The van der Waals surface area contributed by atoms with E-state index in [0.717, 1.165) is 19.6 Å². The minimum absolute atomic E-state index is 0.124. The van der Waals surface area contributed by atoms with Crippen molar-refractivity contribution >= 4 is 29.2 Å². The molecule has 1 aliphatic heterocycles. The largest absolute Gasteiger partial charge is 0.465 e. The molecule has 2 aromatic rings. The van der Waals surface area contributed by atoms with Crippen LogP contribution in [-0.2, 0) is 14.3 Å². The summed E-state index contributed by atoms with van der Waals surface area (Å²) < 4.78 is 37.5. The second-order valence-corrected chi connectivity index (χ2v) is 6.33. The second kappa shape index (κ2) is 8.78. The number of nitrogens with one attached hydrogen (secondary N) is 2. The first-order valence-corrected chi connectivity index (χ1v) is 8.80. The van der Waals surface area contributed by atoms with Crippen LogP contribution in [0.15, 0.2) is 36.4 Å². The minimum atomic E-state index is -1.11. The van der Waals surface area contributed by atoms with E-state index >= 15 is 0 Å². The van der Waals surface area contributed by atoms with Crippen molar-refractivity contribution in [1.82, 2.24) is 0 Å². The highest BCUT2D eigenvalue weighted by molar-refractivity contribution is 6.06. The standard InChI is InChI=1S/C20H18F2N2O5/c1-28-20(27)13-9-16(15(22)10-14(13)21)24-18(25)11-4-2-5-12(8-11)23-19(26)17-6-3-7-29-17/h2,4-5,8-10,17H,3,6-7H2,1H3,(H,23,26)(H,24,25). The highest BCUT2D eigenvalue weighted by Gasteiger charge is 2.24. The molecule has 29 heavy (non-hydrogen) atoms. The molecular weight excluding hydrogens is 386 g/mol. The summed E-state index contributed by atoms with van der Waals surface area (Å²) in [4.78, 5) is 36.2. The molecule has 1 atom stereocenters. The normalized spacial score (nSPS) is 15.6.